The van der Waals surface area contributed by atoms with Crippen LogP contribution >= 0.6 is 11.3 Å². The van der Waals surface area contributed by atoms with Crippen molar-refractivity contribution in [1.29, 1.82) is 0 Å². The summed E-state index contributed by atoms with van der Waals surface area (Å²) in [5.41, 5.74) is 0. The number of piperidine rings is 1. The maximum Gasteiger partial charge on any atom is 0.230 e. The van der Waals surface area contributed by atoms with Gasteiger partial charge in [0, 0.05) is 17.6 Å². The molecule has 88 valence electrons. The van der Waals surface area contributed by atoms with E-state index in [4.69, 9.17) is 0 Å². The molecule has 5 heteroatoms. The normalized spacial score (nSPS) is 20.7. The first-order valence-electron chi connectivity index (χ1n) is 5.76. The molecule has 2 heterocycles. The number of amides is 1. The Hall–Kier alpha value is -0.940. The number of carbonyl (C=O) groups is 1. The third-order valence-corrected chi connectivity index (χ3v) is 3.86. The number of aryl methyl sites for hydroxylation is 1. The fourth-order valence-corrected chi connectivity index (χ4v) is 2.57. The van der Waals surface area contributed by atoms with Gasteiger partial charge in [-0.3, -0.25) is 4.79 Å². The van der Waals surface area contributed by atoms with E-state index < -0.39 is 0 Å². The molecule has 2 rings (SSSR count). The van der Waals surface area contributed by atoms with Crippen LogP contribution in [0.25, 0.3) is 0 Å². The number of aromatic nitrogens is 1. The lowest BCUT2D eigenvalue weighted by Gasteiger charge is -2.21. The summed E-state index contributed by atoms with van der Waals surface area (Å²) in [6.45, 7) is 3.91. The highest BCUT2D eigenvalue weighted by Crippen LogP contribution is 2.20. The Bertz CT molecular complexity index is 358. The fraction of sp³-hybridized carbons (Fsp3) is 0.636. The molecule has 1 aliphatic rings. The van der Waals surface area contributed by atoms with Gasteiger partial charge in [0.2, 0.25) is 5.91 Å². The van der Waals surface area contributed by atoms with Crippen molar-refractivity contribution in [3.63, 3.8) is 0 Å². The second-order valence-electron chi connectivity index (χ2n) is 4.02. The summed E-state index contributed by atoms with van der Waals surface area (Å²) in [7, 11) is 0. The first-order chi connectivity index (χ1) is 7.79. The lowest BCUT2D eigenvalue weighted by Crippen LogP contribution is -2.37. The maximum absolute atomic E-state index is 11.9. The van der Waals surface area contributed by atoms with Crippen molar-refractivity contribution in [2.45, 2.75) is 26.2 Å². The summed E-state index contributed by atoms with van der Waals surface area (Å²) in [4.78, 5) is 17.3. The van der Waals surface area contributed by atoms with Gasteiger partial charge >= 0.3 is 0 Å². The van der Waals surface area contributed by atoms with Crippen LogP contribution < -0.4 is 10.6 Å². The molecule has 1 atom stereocenters. The van der Waals surface area contributed by atoms with Gasteiger partial charge in [-0.05, 0) is 25.8 Å². The van der Waals surface area contributed by atoms with Crippen LogP contribution in [-0.2, 0) is 11.2 Å². The molecule has 1 aromatic heterocycles. The second-order valence-corrected chi connectivity index (χ2v) is 5.13. The topological polar surface area (TPSA) is 54.0 Å². The Morgan fingerprint density at radius 3 is 3.25 bits per heavy atom. The number of anilines is 1. The Labute approximate surface area is 99.5 Å². The van der Waals surface area contributed by atoms with Crippen LogP contribution in [0.4, 0.5) is 5.13 Å². The Morgan fingerprint density at radius 2 is 2.62 bits per heavy atom. The summed E-state index contributed by atoms with van der Waals surface area (Å²) in [6, 6.07) is 0. The SMILES string of the molecule is CCc1cnc(NC(=O)C2CCCNC2)s1. The summed E-state index contributed by atoms with van der Waals surface area (Å²) in [5, 5.41) is 6.86. The quantitative estimate of drug-likeness (QED) is 0.843. The Kier molecular flexibility index (Phi) is 3.90. The fourth-order valence-electron chi connectivity index (χ4n) is 1.81. The van der Waals surface area contributed by atoms with Gasteiger partial charge < -0.3 is 10.6 Å². The minimum Gasteiger partial charge on any atom is -0.316 e. The average Bonchev–Trinajstić information content (AvgIpc) is 2.78. The van der Waals surface area contributed by atoms with Crippen LogP contribution in [0.3, 0.4) is 0 Å². The van der Waals surface area contributed by atoms with E-state index in [-0.39, 0.29) is 11.8 Å². The smallest absolute Gasteiger partial charge is 0.230 e. The molecule has 0 saturated carbocycles. The summed E-state index contributed by atoms with van der Waals surface area (Å²) in [6.07, 6.45) is 4.86. The monoisotopic (exact) mass is 239 g/mol. The molecule has 1 unspecified atom stereocenters. The van der Waals surface area contributed by atoms with Crippen molar-refractivity contribution >= 4 is 22.4 Å². The van der Waals surface area contributed by atoms with Gasteiger partial charge in [0.05, 0.1) is 5.92 Å². The highest BCUT2D eigenvalue weighted by molar-refractivity contribution is 7.15. The van der Waals surface area contributed by atoms with Crippen LogP contribution in [0.15, 0.2) is 6.20 Å². The Morgan fingerprint density at radius 1 is 1.75 bits per heavy atom. The molecule has 16 heavy (non-hydrogen) atoms. The number of hydrogen-bond donors (Lipinski definition) is 2. The predicted molar refractivity (Wildman–Crippen MR) is 65.7 cm³/mol. The molecule has 0 bridgehead atoms. The zero-order chi connectivity index (χ0) is 11.4. The van der Waals surface area contributed by atoms with Crippen LogP contribution in [0.2, 0.25) is 0 Å². The molecule has 1 saturated heterocycles. The minimum absolute atomic E-state index is 0.0997. The van der Waals surface area contributed by atoms with Crippen molar-refractivity contribution in [1.82, 2.24) is 10.3 Å². The maximum atomic E-state index is 11.9. The molecule has 0 spiro atoms. The van der Waals surface area contributed by atoms with Gasteiger partial charge in [0.1, 0.15) is 0 Å². The highest BCUT2D eigenvalue weighted by atomic mass is 32.1. The second kappa shape index (κ2) is 5.41. The molecule has 1 aliphatic heterocycles. The van der Waals surface area contributed by atoms with Crippen molar-refractivity contribution in [2.24, 2.45) is 5.92 Å². The number of carbonyl (C=O) groups excluding carboxylic acids is 1. The summed E-state index contributed by atoms with van der Waals surface area (Å²) < 4.78 is 0. The largest absolute Gasteiger partial charge is 0.316 e. The van der Waals surface area contributed by atoms with E-state index in [1.807, 2.05) is 6.20 Å². The molecule has 2 N–H and O–H groups in total. The molecule has 1 amide bonds. The van der Waals surface area contributed by atoms with Crippen LogP contribution in [-0.4, -0.2) is 24.0 Å². The highest BCUT2D eigenvalue weighted by Gasteiger charge is 2.21. The van der Waals surface area contributed by atoms with Gasteiger partial charge in [-0.2, -0.15) is 0 Å². The van der Waals surface area contributed by atoms with Gasteiger partial charge in [-0.1, -0.05) is 6.92 Å². The minimum atomic E-state index is 0.0997. The standard InChI is InChI=1S/C11H17N3OS/c1-2-9-7-13-11(16-9)14-10(15)8-4-3-5-12-6-8/h7-8,12H,2-6H2,1H3,(H,13,14,15). The zero-order valence-corrected chi connectivity index (χ0v) is 10.3. The van der Waals surface area contributed by atoms with E-state index in [1.165, 1.54) is 4.88 Å². The van der Waals surface area contributed by atoms with E-state index in [0.29, 0.717) is 0 Å². The van der Waals surface area contributed by atoms with E-state index >= 15 is 0 Å². The lowest BCUT2D eigenvalue weighted by atomic mass is 9.99. The predicted octanol–water partition coefficient (Wildman–Crippen LogP) is 1.64. The van der Waals surface area contributed by atoms with Crippen molar-refractivity contribution in [3.05, 3.63) is 11.1 Å². The molecule has 1 aromatic rings. The van der Waals surface area contributed by atoms with E-state index in [1.54, 1.807) is 11.3 Å². The lowest BCUT2D eigenvalue weighted by molar-refractivity contribution is -0.120. The number of hydrogen-bond acceptors (Lipinski definition) is 4. The van der Waals surface area contributed by atoms with Gasteiger partial charge in [0.15, 0.2) is 5.13 Å². The van der Waals surface area contributed by atoms with Crippen molar-refractivity contribution < 1.29 is 4.79 Å². The average molecular weight is 239 g/mol. The molecular weight excluding hydrogens is 222 g/mol. The van der Waals surface area contributed by atoms with Crippen LogP contribution in [0, 0.1) is 5.92 Å². The number of nitrogens with zero attached hydrogens (tertiary/aromatic N) is 1. The van der Waals surface area contributed by atoms with Gasteiger partial charge in [-0.25, -0.2) is 4.98 Å². The molecular formula is C11H17N3OS. The zero-order valence-electron chi connectivity index (χ0n) is 9.45. The Balaban J connectivity index is 1.90. The van der Waals surface area contributed by atoms with E-state index in [9.17, 15) is 4.79 Å². The third-order valence-electron chi connectivity index (χ3n) is 2.80. The molecule has 4 nitrogen and oxygen atoms in total. The first-order valence-corrected chi connectivity index (χ1v) is 6.57. The van der Waals surface area contributed by atoms with E-state index in [0.717, 1.165) is 37.5 Å². The first kappa shape index (κ1) is 11.5. The molecule has 0 aliphatic carbocycles. The summed E-state index contributed by atoms with van der Waals surface area (Å²) >= 11 is 1.56. The van der Waals surface area contributed by atoms with E-state index in [2.05, 4.69) is 22.5 Å². The summed E-state index contributed by atoms with van der Waals surface area (Å²) in [5.74, 6) is 0.201. The molecule has 1 fully saturated rings. The van der Waals surface area contributed by atoms with Crippen molar-refractivity contribution in [3.8, 4) is 0 Å². The third kappa shape index (κ3) is 2.80. The number of nitrogens with one attached hydrogen (secondary N) is 2. The molecule has 0 radical (unpaired) electrons. The van der Waals surface area contributed by atoms with Gasteiger partial charge in [0.25, 0.3) is 0 Å². The van der Waals surface area contributed by atoms with Gasteiger partial charge in [-0.15, -0.1) is 11.3 Å². The van der Waals surface area contributed by atoms with Crippen LogP contribution in [0.5, 0.6) is 0 Å². The van der Waals surface area contributed by atoms with Crippen LogP contribution in [0.1, 0.15) is 24.6 Å². The number of rotatable bonds is 3. The number of thiazole rings is 1. The van der Waals surface area contributed by atoms with Crippen molar-refractivity contribution in [2.75, 3.05) is 18.4 Å². The molecule has 0 aromatic carbocycles.